The first kappa shape index (κ1) is 10.5. The maximum atomic E-state index is 12.3. The maximum Gasteiger partial charge on any atom is 0.266 e. The molecule has 0 spiro atoms. The van der Waals surface area contributed by atoms with E-state index < -0.39 is 6.43 Å². The number of nitrogens with zero attached hydrogens (tertiary/aromatic N) is 2. The minimum absolute atomic E-state index is 0.0813. The molecule has 0 atom stereocenters. The van der Waals surface area contributed by atoms with Gasteiger partial charge in [-0.15, -0.1) is 0 Å². The summed E-state index contributed by atoms with van der Waals surface area (Å²) in [5.74, 6) is 0. The third-order valence-corrected chi connectivity index (χ3v) is 2.80. The van der Waals surface area contributed by atoms with Crippen LogP contribution in [0.1, 0.15) is 17.6 Å². The topological polar surface area (TPSA) is 36.7 Å². The number of pyridine rings is 1. The average Bonchev–Trinajstić information content (AvgIpc) is 2.04. The largest absolute Gasteiger partial charge is 0.266 e. The minimum Gasteiger partial charge on any atom is -0.247 e. The first-order valence-corrected chi connectivity index (χ1v) is 4.68. The summed E-state index contributed by atoms with van der Waals surface area (Å²) in [5.41, 5.74) is -0.197. The molecule has 0 unspecified atom stereocenters. The lowest BCUT2D eigenvalue weighted by Crippen LogP contribution is -1.93. The average molecular weight is 312 g/mol. The molecule has 0 bridgehead atoms. The van der Waals surface area contributed by atoms with Crippen molar-refractivity contribution in [2.45, 2.75) is 6.43 Å². The number of hydrogen-bond donors (Lipinski definition) is 0. The van der Waals surface area contributed by atoms with Crippen LogP contribution in [-0.2, 0) is 0 Å². The first-order chi connectivity index (χ1) is 6.07. The van der Waals surface area contributed by atoms with Crippen LogP contribution >= 0.6 is 31.9 Å². The monoisotopic (exact) mass is 310 g/mol. The zero-order valence-corrected chi connectivity index (χ0v) is 9.23. The molecular formula is C7H2Br2F2N2. The maximum absolute atomic E-state index is 12.3. The summed E-state index contributed by atoms with van der Waals surface area (Å²) in [6, 6.07) is 1.77. The van der Waals surface area contributed by atoms with Crippen LogP contribution < -0.4 is 0 Å². The standard InChI is InChI=1S/C7H2Br2F2N2/c8-5-3(1-12)6(9)13-2-4(5)7(10)11/h2,7H. The Morgan fingerprint density at radius 1 is 1.46 bits per heavy atom. The van der Waals surface area contributed by atoms with E-state index in [1.54, 1.807) is 6.07 Å². The Balaban J connectivity index is 3.38. The summed E-state index contributed by atoms with van der Waals surface area (Å²) in [7, 11) is 0. The van der Waals surface area contributed by atoms with Crippen LogP contribution in [0.15, 0.2) is 15.3 Å². The Labute approximate surface area is 89.8 Å². The van der Waals surface area contributed by atoms with Crippen molar-refractivity contribution in [1.29, 1.82) is 5.26 Å². The van der Waals surface area contributed by atoms with Crippen molar-refractivity contribution in [1.82, 2.24) is 4.98 Å². The lowest BCUT2D eigenvalue weighted by molar-refractivity contribution is 0.150. The summed E-state index contributed by atoms with van der Waals surface area (Å²) in [6.07, 6.45) is -1.61. The van der Waals surface area contributed by atoms with Gasteiger partial charge in [0.2, 0.25) is 0 Å². The second-order valence-electron chi connectivity index (χ2n) is 2.11. The fourth-order valence-corrected chi connectivity index (χ4v) is 1.94. The Morgan fingerprint density at radius 2 is 2.08 bits per heavy atom. The van der Waals surface area contributed by atoms with Crippen LogP contribution in [0.5, 0.6) is 0 Å². The van der Waals surface area contributed by atoms with Crippen molar-refractivity contribution in [3.63, 3.8) is 0 Å². The molecule has 0 aliphatic rings. The summed E-state index contributed by atoms with van der Waals surface area (Å²) >= 11 is 5.90. The Bertz CT molecular complexity index is 373. The van der Waals surface area contributed by atoms with Gasteiger partial charge in [0.1, 0.15) is 10.7 Å². The fourth-order valence-electron chi connectivity index (χ4n) is 0.730. The Hall–Kier alpha value is -0.540. The molecule has 68 valence electrons. The van der Waals surface area contributed by atoms with Crippen molar-refractivity contribution in [2.75, 3.05) is 0 Å². The molecule has 0 N–H and O–H groups in total. The molecule has 2 nitrogen and oxygen atoms in total. The van der Waals surface area contributed by atoms with Crippen LogP contribution in [0.3, 0.4) is 0 Å². The predicted molar refractivity (Wildman–Crippen MR) is 49.3 cm³/mol. The molecular weight excluding hydrogens is 310 g/mol. The van der Waals surface area contributed by atoms with Gasteiger partial charge in [-0.25, -0.2) is 13.8 Å². The highest BCUT2D eigenvalue weighted by atomic mass is 79.9. The number of rotatable bonds is 1. The summed E-state index contributed by atoms with van der Waals surface area (Å²) < 4.78 is 24.9. The quantitative estimate of drug-likeness (QED) is 0.745. The van der Waals surface area contributed by atoms with E-state index in [0.717, 1.165) is 6.20 Å². The highest BCUT2D eigenvalue weighted by Crippen LogP contribution is 2.32. The number of nitriles is 1. The van der Waals surface area contributed by atoms with Gasteiger partial charge in [0.15, 0.2) is 0 Å². The second kappa shape index (κ2) is 4.11. The minimum atomic E-state index is -2.64. The molecule has 6 heteroatoms. The SMILES string of the molecule is N#Cc1c(Br)ncc(C(F)F)c1Br. The van der Waals surface area contributed by atoms with Gasteiger partial charge in [-0.1, -0.05) is 0 Å². The van der Waals surface area contributed by atoms with Gasteiger partial charge in [0, 0.05) is 10.7 Å². The van der Waals surface area contributed by atoms with E-state index in [4.69, 9.17) is 5.26 Å². The van der Waals surface area contributed by atoms with E-state index in [1.165, 1.54) is 0 Å². The molecule has 0 amide bonds. The van der Waals surface area contributed by atoms with E-state index in [1.807, 2.05) is 0 Å². The van der Waals surface area contributed by atoms with Crippen molar-refractivity contribution >= 4 is 31.9 Å². The number of aromatic nitrogens is 1. The smallest absolute Gasteiger partial charge is 0.247 e. The predicted octanol–water partition coefficient (Wildman–Crippen LogP) is 3.42. The zero-order valence-electron chi connectivity index (χ0n) is 6.06. The number of halogens is 4. The lowest BCUT2D eigenvalue weighted by atomic mass is 10.2. The normalized spacial score (nSPS) is 10.2. The van der Waals surface area contributed by atoms with Gasteiger partial charge in [-0.2, -0.15) is 5.26 Å². The molecule has 0 saturated carbocycles. The van der Waals surface area contributed by atoms with Crippen LogP contribution in [0.2, 0.25) is 0 Å². The first-order valence-electron chi connectivity index (χ1n) is 3.10. The molecule has 0 radical (unpaired) electrons. The summed E-state index contributed by atoms with van der Waals surface area (Å²) in [6.45, 7) is 0. The van der Waals surface area contributed by atoms with E-state index in [9.17, 15) is 8.78 Å². The van der Waals surface area contributed by atoms with Gasteiger partial charge in [0.25, 0.3) is 6.43 Å². The highest BCUT2D eigenvalue weighted by molar-refractivity contribution is 9.11. The molecule has 1 aromatic rings. The van der Waals surface area contributed by atoms with Gasteiger partial charge >= 0.3 is 0 Å². The molecule has 1 rings (SSSR count). The molecule has 1 heterocycles. The molecule has 0 aliphatic carbocycles. The third kappa shape index (κ3) is 2.03. The van der Waals surface area contributed by atoms with Gasteiger partial charge in [-0.05, 0) is 31.9 Å². The fraction of sp³-hybridized carbons (Fsp3) is 0.143. The number of alkyl halides is 2. The number of hydrogen-bond acceptors (Lipinski definition) is 2. The van der Waals surface area contributed by atoms with Gasteiger partial charge in [-0.3, -0.25) is 0 Å². The van der Waals surface area contributed by atoms with Gasteiger partial charge in [0.05, 0.1) is 11.1 Å². The summed E-state index contributed by atoms with van der Waals surface area (Å²) in [5, 5.41) is 8.61. The van der Waals surface area contributed by atoms with Crippen molar-refractivity contribution in [3.05, 3.63) is 26.4 Å². The molecule has 0 aliphatic heterocycles. The van der Waals surface area contributed by atoms with Crippen LogP contribution in [0.25, 0.3) is 0 Å². The molecule has 13 heavy (non-hydrogen) atoms. The van der Waals surface area contributed by atoms with Crippen molar-refractivity contribution in [3.8, 4) is 6.07 Å². The molecule has 0 aromatic carbocycles. The third-order valence-electron chi connectivity index (χ3n) is 1.34. The van der Waals surface area contributed by atoms with Crippen LogP contribution in [0.4, 0.5) is 8.78 Å². The highest BCUT2D eigenvalue weighted by Gasteiger charge is 2.17. The Kier molecular flexibility index (Phi) is 3.33. The Morgan fingerprint density at radius 3 is 2.54 bits per heavy atom. The van der Waals surface area contributed by atoms with Crippen LogP contribution in [0, 0.1) is 11.3 Å². The van der Waals surface area contributed by atoms with E-state index >= 15 is 0 Å². The zero-order chi connectivity index (χ0) is 10.0. The van der Waals surface area contributed by atoms with E-state index in [-0.39, 0.29) is 20.2 Å². The van der Waals surface area contributed by atoms with Crippen LogP contribution in [-0.4, -0.2) is 4.98 Å². The van der Waals surface area contributed by atoms with E-state index in [2.05, 4.69) is 36.8 Å². The molecule has 0 fully saturated rings. The lowest BCUT2D eigenvalue weighted by Gasteiger charge is -2.04. The van der Waals surface area contributed by atoms with Crippen molar-refractivity contribution in [2.24, 2.45) is 0 Å². The molecule has 0 saturated heterocycles. The summed E-state index contributed by atoms with van der Waals surface area (Å²) in [4.78, 5) is 3.62. The van der Waals surface area contributed by atoms with E-state index in [0.29, 0.717) is 0 Å². The second-order valence-corrected chi connectivity index (χ2v) is 3.65. The molecule has 1 aromatic heterocycles. The van der Waals surface area contributed by atoms with Crippen molar-refractivity contribution < 1.29 is 8.78 Å². The van der Waals surface area contributed by atoms with Gasteiger partial charge < -0.3 is 0 Å².